The Balaban J connectivity index is 2.14. The van der Waals surface area contributed by atoms with Crippen molar-refractivity contribution in [1.29, 1.82) is 0 Å². The fraction of sp³-hybridized carbons (Fsp3) is 0.625. The molecule has 19 heavy (non-hydrogen) atoms. The number of rotatable bonds is 9. The molecule has 1 N–H and O–H groups in total. The van der Waals surface area contributed by atoms with E-state index < -0.39 is 0 Å². The fourth-order valence-corrected chi connectivity index (χ4v) is 2.00. The highest BCUT2D eigenvalue weighted by Crippen LogP contribution is 2.12. The molecule has 0 aromatic heterocycles. The lowest BCUT2D eigenvalue weighted by atomic mass is 10.1. The molecular formula is C16H28N2O. The first-order valence-electron chi connectivity index (χ1n) is 7.16. The van der Waals surface area contributed by atoms with Gasteiger partial charge in [0.1, 0.15) is 5.75 Å². The predicted octanol–water partition coefficient (Wildman–Crippen LogP) is 2.56. The quantitative estimate of drug-likeness (QED) is 0.742. The summed E-state index contributed by atoms with van der Waals surface area (Å²) >= 11 is 0. The van der Waals surface area contributed by atoms with Crippen LogP contribution in [-0.4, -0.2) is 44.7 Å². The van der Waals surface area contributed by atoms with Gasteiger partial charge in [0.2, 0.25) is 0 Å². The lowest BCUT2D eigenvalue weighted by Crippen LogP contribution is -2.33. The van der Waals surface area contributed by atoms with Gasteiger partial charge in [0.15, 0.2) is 0 Å². The number of aryl methyl sites for hydroxylation is 1. The zero-order valence-corrected chi connectivity index (χ0v) is 12.8. The number of hydrogen-bond donors (Lipinski definition) is 1. The van der Waals surface area contributed by atoms with E-state index >= 15 is 0 Å². The molecule has 3 nitrogen and oxygen atoms in total. The summed E-state index contributed by atoms with van der Waals surface area (Å²) in [7, 11) is 3.89. The van der Waals surface area contributed by atoms with Crippen LogP contribution in [0, 0.1) is 0 Å². The molecule has 0 radical (unpaired) electrons. The first kappa shape index (κ1) is 16.0. The molecule has 0 aliphatic rings. The highest BCUT2D eigenvalue weighted by Gasteiger charge is 2.00. The normalized spacial score (nSPS) is 11.3. The summed E-state index contributed by atoms with van der Waals surface area (Å²) in [5, 5.41) is 3.44. The van der Waals surface area contributed by atoms with Crippen molar-refractivity contribution in [2.24, 2.45) is 0 Å². The van der Waals surface area contributed by atoms with Crippen LogP contribution in [0.15, 0.2) is 24.3 Å². The van der Waals surface area contributed by atoms with Crippen LogP contribution in [-0.2, 0) is 6.42 Å². The average molecular weight is 264 g/mol. The second-order valence-corrected chi connectivity index (χ2v) is 5.36. The summed E-state index contributed by atoms with van der Waals surface area (Å²) in [6, 6.07) is 8.95. The lowest BCUT2D eigenvalue weighted by Gasteiger charge is -2.17. The third-order valence-electron chi connectivity index (χ3n) is 3.21. The van der Waals surface area contributed by atoms with E-state index in [0.717, 1.165) is 31.8 Å². The number of methoxy groups -OCH3 is 1. The highest BCUT2D eigenvalue weighted by molar-refractivity contribution is 5.27. The van der Waals surface area contributed by atoms with E-state index in [9.17, 15) is 0 Å². The van der Waals surface area contributed by atoms with Gasteiger partial charge in [-0.05, 0) is 44.1 Å². The molecule has 0 fully saturated rings. The Labute approximate surface area is 118 Å². The van der Waals surface area contributed by atoms with Crippen LogP contribution in [0.3, 0.4) is 0 Å². The van der Waals surface area contributed by atoms with Gasteiger partial charge in [0, 0.05) is 19.1 Å². The van der Waals surface area contributed by atoms with E-state index in [1.165, 1.54) is 12.0 Å². The van der Waals surface area contributed by atoms with E-state index in [2.05, 4.69) is 43.2 Å². The van der Waals surface area contributed by atoms with Crippen LogP contribution < -0.4 is 10.1 Å². The Morgan fingerprint density at radius 1 is 1.16 bits per heavy atom. The Morgan fingerprint density at radius 3 is 2.42 bits per heavy atom. The maximum atomic E-state index is 5.16. The van der Waals surface area contributed by atoms with E-state index in [1.807, 2.05) is 12.1 Å². The third-order valence-corrected chi connectivity index (χ3v) is 3.21. The van der Waals surface area contributed by atoms with Gasteiger partial charge >= 0.3 is 0 Å². The number of benzene rings is 1. The first-order chi connectivity index (χ1) is 9.11. The van der Waals surface area contributed by atoms with Gasteiger partial charge in [-0.3, -0.25) is 0 Å². The van der Waals surface area contributed by atoms with Crippen molar-refractivity contribution in [1.82, 2.24) is 10.2 Å². The lowest BCUT2D eigenvalue weighted by molar-refractivity contribution is 0.323. The Kier molecular flexibility index (Phi) is 7.53. The number of ether oxygens (including phenoxy) is 1. The second kappa shape index (κ2) is 8.94. The van der Waals surface area contributed by atoms with Crippen LogP contribution in [0.5, 0.6) is 5.75 Å². The molecule has 0 saturated carbocycles. The predicted molar refractivity (Wildman–Crippen MR) is 82.0 cm³/mol. The van der Waals surface area contributed by atoms with Crippen molar-refractivity contribution < 1.29 is 4.74 Å². The molecule has 0 bridgehead atoms. The van der Waals surface area contributed by atoms with Gasteiger partial charge in [0.05, 0.1) is 7.11 Å². The van der Waals surface area contributed by atoms with Crippen molar-refractivity contribution in [3.8, 4) is 5.75 Å². The Hall–Kier alpha value is -1.06. The molecule has 0 heterocycles. The van der Waals surface area contributed by atoms with E-state index in [1.54, 1.807) is 7.11 Å². The van der Waals surface area contributed by atoms with Gasteiger partial charge in [-0.1, -0.05) is 26.0 Å². The Morgan fingerprint density at radius 2 is 1.84 bits per heavy atom. The minimum absolute atomic E-state index is 0.577. The number of nitrogens with zero attached hydrogens (tertiary/aromatic N) is 1. The highest BCUT2D eigenvalue weighted by atomic mass is 16.5. The van der Waals surface area contributed by atoms with Crippen molar-refractivity contribution in [2.75, 3.05) is 33.8 Å². The molecule has 0 aliphatic heterocycles. The molecule has 0 amide bonds. The van der Waals surface area contributed by atoms with Gasteiger partial charge in [-0.25, -0.2) is 0 Å². The van der Waals surface area contributed by atoms with Gasteiger partial charge in [-0.2, -0.15) is 0 Å². The topological polar surface area (TPSA) is 24.5 Å². The monoisotopic (exact) mass is 264 g/mol. The fourth-order valence-electron chi connectivity index (χ4n) is 2.00. The molecular weight excluding hydrogens is 236 g/mol. The average Bonchev–Trinajstić information content (AvgIpc) is 2.39. The van der Waals surface area contributed by atoms with Crippen molar-refractivity contribution in [3.63, 3.8) is 0 Å². The van der Waals surface area contributed by atoms with Crippen LogP contribution in [0.25, 0.3) is 0 Å². The van der Waals surface area contributed by atoms with Gasteiger partial charge in [-0.15, -0.1) is 0 Å². The van der Waals surface area contributed by atoms with Crippen molar-refractivity contribution in [2.45, 2.75) is 32.7 Å². The molecule has 0 spiro atoms. The zero-order chi connectivity index (χ0) is 14.1. The smallest absolute Gasteiger partial charge is 0.118 e. The van der Waals surface area contributed by atoms with Crippen LogP contribution in [0.2, 0.25) is 0 Å². The third kappa shape index (κ3) is 7.19. The molecule has 1 aromatic rings. The molecule has 0 atom stereocenters. The molecule has 1 aromatic carbocycles. The molecule has 0 aliphatic carbocycles. The number of likely N-dealkylation sites (N-methyl/N-ethyl adjacent to an activating group) is 1. The van der Waals surface area contributed by atoms with Gasteiger partial charge in [0.25, 0.3) is 0 Å². The van der Waals surface area contributed by atoms with E-state index in [0.29, 0.717) is 6.04 Å². The van der Waals surface area contributed by atoms with Crippen LogP contribution in [0.1, 0.15) is 25.8 Å². The van der Waals surface area contributed by atoms with Crippen molar-refractivity contribution in [3.05, 3.63) is 29.8 Å². The molecule has 1 rings (SSSR count). The minimum Gasteiger partial charge on any atom is -0.497 e. The molecule has 108 valence electrons. The minimum atomic E-state index is 0.577. The largest absolute Gasteiger partial charge is 0.497 e. The summed E-state index contributed by atoms with van der Waals surface area (Å²) in [4.78, 5) is 2.39. The van der Waals surface area contributed by atoms with Gasteiger partial charge < -0.3 is 15.0 Å². The van der Waals surface area contributed by atoms with Crippen LogP contribution >= 0.6 is 0 Å². The zero-order valence-electron chi connectivity index (χ0n) is 12.8. The summed E-state index contributed by atoms with van der Waals surface area (Å²) in [6.45, 7) is 7.69. The SMILES string of the molecule is COc1ccc(CCCN(C)CCNC(C)C)cc1. The summed E-state index contributed by atoms with van der Waals surface area (Å²) in [6.07, 6.45) is 2.33. The summed E-state index contributed by atoms with van der Waals surface area (Å²) < 4.78 is 5.16. The van der Waals surface area contributed by atoms with E-state index in [4.69, 9.17) is 4.74 Å². The first-order valence-corrected chi connectivity index (χ1v) is 7.16. The summed E-state index contributed by atoms with van der Waals surface area (Å²) in [5.41, 5.74) is 1.38. The maximum Gasteiger partial charge on any atom is 0.118 e. The van der Waals surface area contributed by atoms with Crippen molar-refractivity contribution >= 4 is 0 Å². The molecule has 3 heteroatoms. The molecule has 0 saturated heterocycles. The Bertz CT molecular complexity index is 335. The maximum absolute atomic E-state index is 5.16. The summed E-state index contributed by atoms with van der Waals surface area (Å²) in [5.74, 6) is 0.931. The standard InChI is InChI=1S/C16H28N2O/c1-14(2)17-11-13-18(3)12-5-6-15-7-9-16(19-4)10-8-15/h7-10,14,17H,5-6,11-13H2,1-4H3. The number of nitrogens with one attached hydrogen (secondary N) is 1. The van der Waals surface area contributed by atoms with Crippen LogP contribution in [0.4, 0.5) is 0 Å². The second-order valence-electron chi connectivity index (χ2n) is 5.36. The van der Waals surface area contributed by atoms with E-state index in [-0.39, 0.29) is 0 Å². The number of hydrogen-bond acceptors (Lipinski definition) is 3. The molecule has 0 unspecified atom stereocenters.